The molecule has 3 nitrogen and oxygen atoms in total. The van der Waals surface area contributed by atoms with Crippen molar-refractivity contribution in [3.05, 3.63) is 0 Å². The maximum Gasteiger partial charge on any atom is 0.232 e. The fourth-order valence-electron chi connectivity index (χ4n) is 2.34. The minimum absolute atomic E-state index is 0.178. The average molecular weight is 210 g/mol. The fraction of sp³-hybridized carbons (Fsp3) is 1.00. The fourth-order valence-corrected chi connectivity index (χ4v) is 3.73. The Morgan fingerprint density at radius 2 is 1.92 bits per heavy atom. The van der Waals surface area contributed by atoms with E-state index in [2.05, 4.69) is 11.9 Å². The standard InChI is InChI=1S/C7H12ClNO2S/c1-9-2-5-6(3-9)7(5)4-12(8,10)11/h5-7H,2-4H2,1H3. The summed E-state index contributed by atoms with van der Waals surface area (Å²) < 4.78 is 21.5. The lowest BCUT2D eigenvalue weighted by Crippen LogP contribution is -2.20. The molecule has 0 radical (unpaired) electrons. The second kappa shape index (κ2) is 2.59. The zero-order chi connectivity index (χ0) is 8.93. The van der Waals surface area contributed by atoms with Crippen molar-refractivity contribution in [2.75, 3.05) is 25.9 Å². The van der Waals surface area contributed by atoms with E-state index in [4.69, 9.17) is 10.7 Å². The van der Waals surface area contributed by atoms with Gasteiger partial charge in [-0.25, -0.2) is 8.42 Å². The van der Waals surface area contributed by atoms with Crippen molar-refractivity contribution in [1.82, 2.24) is 4.90 Å². The van der Waals surface area contributed by atoms with Gasteiger partial charge in [0, 0.05) is 23.8 Å². The van der Waals surface area contributed by atoms with Gasteiger partial charge >= 0.3 is 0 Å². The summed E-state index contributed by atoms with van der Waals surface area (Å²) in [5, 5.41) is 0. The molecule has 2 fully saturated rings. The summed E-state index contributed by atoms with van der Waals surface area (Å²) in [5.74, 6) is 1.73. The van der Waals surface area contributed by atoms with Crippen molar-refractivity contribution in [1.29, 1.82) is 0 Å². The predicted molar refractivity (Wildman–Crippen MR) is 47.6 cm³/mol. The van der Waals surface area contributed by atoms with Crippen LogP contribution in [0.15, 0.2) is 0 Å². The van der Waals surface area contributed by atoms with Gasteiger partial charge in [0.1, 0.15) is 0 Å². The summed E-state index contributed by atoms with van der Waals surface area (Å²) in [6, 6.07) is 0. The molecule has 5 heteroatoms. The van der Waals surface area contributed by atoms with Crippen LogP contribution in [0.1, 0.15) is 0 Å². The molecule has 0 bridgehead atoms. The Morgan fingerprint density at radius 1 is 1.42 bits per heavy atom. The lowest BCUT2D eigenvalue weighted by Gasteiger charge is -2.11. The minimum Gasteiger partial charge on any atom is -0.306 e. The van der Waals surface area contributed by atoms with E-state index in [9.17, 15) is 8.42 Å². The van der Waals surface area contributed by atoms with Crippen LogP contribution >= 0.6 is 10.7 Å². The summed E-state index contributed by atoms with van der Waals surface area (Å²) in [6.45, 7) is 2.09. The highest BCUT2D eigenvalue weighted by Crippen LogP contribution is 2.51. The maximum absolute atomic E-state index is 10.7. The third kappa shape index (κ3) is 1.60. The third-order valence-corrected chi connectivity index (χ3v) is 4.11. The van der Waals surface area contributed by atoms with Gasteiger partial charge in [0.15, 0.2) is 0 Å². The van der Waals surface area contributed by atoms with Crippen LogP contribution in [0.5, 0.6) is 0 Å². The number of halogens is 1. The van der Waals surface area contributed by atoms with Crippen LogP contribution in [0.25, 0.3) is 0 Å². The number of piperidine rings is 1. The van der Waals surface area contributed by atoms with E-state index in [1.807, 2.05) is 0 Å². The first-order chi connectivity index (χ1) is 5.47. The molecule has 2 unspecified atom stereocenters. The quantitative estimate of drug-likeness (QED) is 0.617. The summed E-state index contributed by atoms with van der Waals surface area (Å²) in [7, 11) is 3.98. The molecular weight excluding hydrogens is 198 g/mol. The van der Waals surface area contributed by atoms with Gasteiger partial charge in [-0.3, -0.25) is 0 Å². The van der Waals surface area contributed by atoms with Gasteiger partial charge in [-0.15, -0.1) is 0 Å². The molecular formula is C7H12ClNO2S. The molecule has 0 amide bonds. The van der Waals surface area contributed by atoms with Gasteiger partial charge in [0.2, 0.25) is 9.05 Å². The summed E-state index contributed by atoms with van der Waals surface area (Å²) in [4.78, 5) is 2.24. The molecule has 0 aromatic rings. The van der Waals surface area contributed by atoms with Gasteiger partial charge in [-0.1, -0.05) is 0 Å². The van der Waals surface area contributed by atoms with Gasteiger partial charge in [-0.2, -0.15) is 0 Å². The highest BCUT2D eigenvalue weighted by molar-refractivity contribution is 8.13. The molecule has 1 heterocycles. The molecule has 1 saturated heterocycles. The molecule has 0 N–H and O–H groups in total. The average Bonchev–Trinajstić information content (AvgIpc) is 2.42. The second-order valence-electron chi connectivity index (χ2n) is 3.92. The topological polar surface area (TPSA) is 37.4 Å². The molecule has 0 aromatic heterocycles. The Hall–Kier alpha value is 0.200. The van der Waals surface area contributed by atoms with E-state index in [0.29, 0.717) is 17.8 Å². The first-order valence-corrected chi connectivity index (χ1v) is 6.56. The Labute approximate surface area is 77.1 Å². The van der Waals surface area contributed by atoms with Crippen molar-refractivity contribution < 1.29 is 8.42 Å². The molecule has 70 valence electrons. The molecule has 0 spiro atoms. The van der Waals surface area contributed by atoms with Crippen LogP contribution < -0.4 is 0 Å². The lowest BCUT2D eigenvalue weighted by atomic mass is 10.3. The third-order valence-electron chi connectivity index (χ3n) is 2.95. The molecule has 1 saturated carbocycles. The largest absolute Gasteiger partial charge is 0.306 e. The number of hydrogen-bond donors (Lipinski definition) is 0. The maximum atomic E-state index is 10.7. The molecule has 12 heavy (non-hydrogen) atoms. The van der Waals surface area contributed by atoms with Crippen molar-refractivity contribution in [2.24, 2.45) is 17.8 Å². The monoisotopic (exact) mass is 209 g/mol. The van der Waals surface area contributed by atoms with Crippen molar-refractivity contribution in [3.63, 3.8) is 0 Å². The number of rotatable bonds is 2. The molecule has 1 aliphatic heterocycles. The predicted octanol–water partition coefficient (Wildman–Crippen LogP) is 0.363. The Morgan fingerprint density at radius 3 is 2.33 bits per heavy atom. The molecule has 1 aliphatic carbocycles. The number of hydrogen-bond acceptors (Lipinski definition) is 3. The smallest absolute Gasteiger partial charge is 0.232 e. The highest BCUT2D eigenvalue weighted by atomic mass is 35.7. The van der Waals surface area contributed by atoms with Crippen LogP contribution in [-0.4, -0.2) is 39.2 Å². The van der Waals surface area contributed by atoms with Crippen LogP contribution in [0.4, 0.5) is 0 Å². The van der Waals surface area contributed by atoms with Gasteiger partial charge in [0.05, 0.1) is 5.75 Å². The van der Waals surface area contributed by atoms with Crippen LogP contribution in [0.2, 0.25) is 0 Å². The van der Waals surface area contributed by atoms with Gasteiger partial charge in [-0.05, 0) is 24.8 Å². The first-order valence-electron chi connectivity index (χ1n) is 4.08. The first kappa shape index (κ1) is 8.78. The van der Waals surface area contributed by atoms with Crippen LogP contribution in [0, 0.1) is 17.8 Å². The summed E-state index contributed by atoms with van der Waals surface area (Å²) in [5.41, 5.74) is 0. The SMILES string of the molecule is CN1CC2C(C1)C2CS(=O)(=O)Cl. The van der Waals surface area contributed by atoms with E-state index >= 15 is 0 Å². The van der Waals surface area contributed by atoms with Crippen LogP contribution in [-0.2, 0) is 9.05 Å². The van der Waals surface area contributed by atoms with E-state index in [1.54, 1.807) is 0 Å². The summed E-state index contributed by atoms with van der Waals surface area (Å²) >= 11 is 0. The highest BCUT2D eigenvalue weighted by Gasteiger charge is 2.55. The van der Waals surface area contributed by atoms with E-state index in [1.165, 1.54) is 0 Å². The zero-order valence-corrected chi connectivity index (χ0v) is 8.48. The molecule has 2 aliphatic rings. The van der Waals surface area contributed by atoms with Crippen molar-refractivity contribution in [3.8, 4) is 0 Å². The normalized spacial score (nSPS) is 41.3. The number of nitrogens with zero attached hydrogens (tertiary/aromatic N) is 1. The summed E-state index contributed by atoms with van der Waals surface area (Å²) in [6.07, 6.45) is 0. The lowest BCUT2D eigenvalue weighted by molar-refractivity contribution is 0.351. The Bertz CT molecular complexity index is 278. The van der Waals surface area contributed by atoms with Gasteiger partial charge in [0.25, 0.3) is 0 Å². The number of fused-ring (bicyclic) bond motifs is 1. The number of likely N-dealkylation sites (tertiary alicyclic amines) is 1. The zero-order valence-electron chi connectivity index (χ0n) is 6.90. The molecule has 2 atom stereocenters. The van der Waals surface area contributed by atoms with Crippen molar-refractivity contribution in [2.45, 2.75) is 0 Å². The van der Waals surface area contributed by atoms with E-state index in [0.717, 1.165) is 13.1 Å². The van der Waals surface area contributed by atoms with Gasteiger partial charge < -0.3 is 4.90 Å². The Balaban J connectivity index is 1.91. The minimum atomic E-state index is -3.27. The second-order valence-corrected chi connectivity index (χ2v) is 6.74. The molecule has 0 aromatic carbocycles. The van der Waals surface area contributed by atoms with E-state index < -0.39 is 9.05 Å². The van der Waals surface area contributed by atoms with Crippen LogP contribution in [0.3, 0.4) is 0 Å². The molecule has 2 rings (SSSR count). The van der Waals surface area contributed by atoms with E-state index in [-0.39, 0.29) is 5.75 Å². The Kier molecular flexibility index (Phi) is 1.90. The van der Waals surface area contributed by atoms with Crippen molar-refractivity contribution >= 4 is 19.7 Å².